The molecule has 32 heavy (non-hydrogen) atoms. The first kappa shape index (κ1) is 21.5. The highest BCUT2D eigenvalue weighted by atomic mass is 19.1. The Hall–Kier alpha value is -3.73. The van der Waals surface area contributed by atoms with Crippen LogP contribution in [0.1, 0.15) is 24.0 Å². The average Bonchev–Trinajstić information content (AvgIpc) is 2.83. The minimum Gasteiger partial charge on any atom is -0.437 e. The fourth-order valence-electron chi connectivity index (χ4n) is 3.86. The molecule has 4 rings (SSSR count). The third-order valence-corrected chi connectivity index (χ3v) is 5.53. The molecule has 0 N–H and O–H groups in total. The number of benzene rings is 3. The van der Waals surface area contributed by atoms with Crippen molar-refractivity contribution in [2.45, 2.75) is 25.5 Å². The Morgan fingerprint density at radius 1 is 0.938 bits per heavy atom. The third kappa shape index (κ3) is 5.11. The molecule has 1 fully saturated rings. The molecule has 162 valence electrons. The van der Waals surface area contributed by atoms with E-state index in [4.69, 9.17) is 4.74 Å². The van der Waals surface area contributed by atoms with E-state index in [1.807, 2.05) is 48.5 Å². The number of esters is 1. The summed E-state index contributed by atoms with van der Waals surface area (Å²) in [6, 6.07) is 25.1. The zero-order chi connectivity index (χ0) is 22.3. The summed E-state index contributed by atoms with van der Waals surface area (Å²) in [6.45, 7) is 0. The standard InChI is InChI=1S/C27H24FNO3/c28-22-15-17-23(18-16-22)29-26(31)24(13-7-12-20-8-3-1-4-9-20)27(29)32-25(30)19-14-21-10-5-2-6-11-21/h1-6,8-11,14-19,24,27H,7,12-13H2/b19-14+. The molecule has 4 nitrogen and oxygen atoms in total. The Kier molecular flexibility index (Phi) is 6.75. The number of carbonyl (C=O) groups is 2. The van der Waals surface area contributed by atoms with E-state index in [-0.39, 0.29) is 11.7 Å². The van der Waals surface area contributed by atoms with Gasteiger partial charge in [-0.1, -0.05) is 60.7 Å². The summed E-state index contributed by atoms with van der Waals surface area (Å²) in [5.74, 6) is -1.45. The maximum Gasteiger partial charge on any atom is 0.332 e. The van der Waals surface area contributed by atoms with E-state index in [1.54, 1.807) is 6.08 Å². The highest BCUT2D eigenvalue weighted by Crippen LogP contribution is 2.36. The van der Waals surface area contributed by atoms with Crippen LogP contribution in [0.5, 0.6) is 0 Å². The van der Waals surface area contributed by atoms with E-state index in [1.165, 1.54) is 40.8 Å². The van der Waals surface area contributed by atoms with Gasteiger partial charge in [0.1, 0.15) is 5.82 Å². The van der Waals surface area contributed by atoms with Gasteiger partial charge in [-0.25, -0.2) is 9.18 Å². The van der Waals surface area contributed by atoms with Gasteiger partial charge in [0, 0.05) is 11.8 Å². The number of rotatable bonds is 8. The van der Waals surface area contributed by atoms with Crippen LogP contribution in [0, 0.1) is 11.7 Å². The normalized spacial score (nSPS) is 17.9. The predicted octanol–water partition coefficient (Wildman–Crippen LogP) is 5.39. The smallest absolute Gasteiger partial charge is 0.332 e. The van der Waals surface area contributed by atoms with Crippen LogP contribution in [0.15, 0.2) is 91.0 Å². The molecular formula is C27H24FNO3. The van der Waals surface area contributed by atoms with Gasteiger partial charge in [-0.3, -0.25) is 9.69 Å². The molecule has 1 amide bonds. The van der Waals surface area contributed by atoms with Gasteiger partial charge in [-0.2, -0.15) is 0 Å². The maximum atomic E-state index is 13.3. The molecule has 1 heterocycles. The second-order valence-corrected chi connectivity index (χ2v) is 7.74. The monoisotopic (exact) mass is 429 g/mol. The molecule has 0 saturated carbocycles. The molecule has 1 aliphatic heterocycles. The number of anilines is 1. The molecule has 5 heteroatoms. The lowest BCUT2D eigenvalue weighted by molar-refractivity contribution is -0.159. The zero-order valence-electron chi connectivity index (χ0n) is 17.6. The number of β-lactam (4-membered cyclic amide) rings is 1. The van der Waals surface area contributed by atoms with Gasteiger partial charge in [-0.15, -0.1) is 0 Å². The number of aryl methyl sites for hydroxylation is 1. The van der Waals surface area contributed by atoms with Crippen molar-refractivity contribution in [2.75, 3.05) is 4.90 Å². The summed E-state index contributed by atoms with van der Waals surface area (Å²) >= 11 is 0. The molecule has 2 atom stereocenters. The second-order valence-electron chi connectivity index (χ2n) is 7.74. The van der Waals surface area contributed by atoms with Crippen molar-refractivity contribution in [1.29, 1.82) is 0 Å². The Bertz CT molecular complexity index is 1080. The molecule has 0 radical (unpaired) electrons. The van der Waals surface area contributed by atoms with E-state index in [0.29, 0.717) is 12.1 Å². The van der Waals surface area contributed by atoms with Crippen LogP contribution >= 0.6 is 0 Å². The summed E-state index contributed by atoms with van der Waals surface area (Å²) in [6.07, 6.45) is 4.57. The summed E-state index contributed by atoms with van der Waals surface area (Å²) < 4.78 is 19.0. The fraction of sp³-hybridized carbons (Fsp3) is 0.185. The van der Waals surface area contributed by atoms with Gasteiger partial charge < -0.3 is 4.74 Å². The van der Waals surface area contributed by atoms with Gasteiger partial charge in [0.05, 0.1) is 5.92 Å². The first-order valence-electron chi connectivity index (χ1n) is 10.7. The first-order chi connectivity index (χ1) is 15.6. The van der Waals surface area contributed by atoms with E-state index in [0.717, 1.165) is 18.4 Å². The molecule has 3 aromatic carbocycles. The fourth-order valence-corrected chi connectivity index (χ4v) is 3.86. The maximum absolute atomic E-state index is 13.3. The largest absolute Gasteiger partial charge is 0.437 e. The predicted molar refractivity (Wildman–Crippen MR) is 122 cm³/mol. The quantitative estimate of drug-likeness (QED) is 0.274. The number of hydrogen-bond donors (Lipinski definition) is 0. The van der Waals surface area contributed by atoms with Crippen molar-refractivity contribution in [2.24, 2.45) is 5.92 Å². The van der Waals surface area contributed by atoms with Crippen molar-refractivity contribution >= 4 is 23.6 Å². The van der Waals surface area contributed by atoms with Crippen molar-refractivity contribution in [3.63, 3.8) is 0 Å². The highest BCUT2D eigenvalue weighted by molar-refractivity contribution is 6.03. The first-order valence-corrected chi connectivity index (χ1v) is 10.7. The molecule has 3 aromatic rings. The lowest BCUT2D eigenvalue weighted by atomic mass is 9.88. The average molecular weight is 429 g/mol. The summed E-state index contributed by atoms with van der Waals surface area (Å²) in [5, 5.41) is 0. The lowest BCUT2D eigenvalue weighted by Crippen LogP contribution is -2.63. The number of nitrogens with zero attached hydrogens (tertiary/aromatic N) is 1. The molecule has 2 unspecified atom stereocenters. The van der Waals surface area contributed by atoms with E-state index in [9.17, 15) is 14.0 Å². The Balaban J connectivity index is 1.44. The molecule has 0 aromatic heterocycles. The van der Waals surface area contributed by atoms with Gasteiger partial charge in [0.2, 0.25) is 5.91 Å². The lowest BCUT2D eigenvalue weighted by Gasteiger charge is -2.45. The van der Waals surface area contributed by atoms with E-state index >= 15 is 0 Å². The summed E-state index contributed by atoms with van der Waals surface area (Å²) in [7, 11) is 0. The highest BCUT2D eigenvalue weighted by Gasteiger charge is 2.50. The molecule has 1 saturated heterocycles. The minimum absolute atomic E-state index is 0.116. The summed E-state index contributed by atoms with van der Waals surface area (Å²) in [5.41, 5.74) is 2.60. The zero-order valence-corrected chi connectivity index (χ0v) is 17.6. The van der Waals surface area contributed by atoms with Crippen molar-refractivity contribution in [1.82, 2.24) is 0 Å². The Morgan fingerprint density at radius 2 is 1.59 bits per heavy atom. The van der Waals surface area contributed by atoms with Crippen LogP contribution in [0.2, 0.25) is 0 Å². The Labute approximate surface area is 186 Å². The van der Waals surface area contributed by atoms with Crippen LogP contribution in [-0.2, 0) is 20.7 Å². The van der Waals surface area contributed by atoms with Crippen LogP contribution in [0.3, 0.4) is 0 Å². The van der Waals surface area contributed by atoms with Crippen LogP contribution in [0.25, 0.3) is 6.08 Å². The minimum atomic E-state index is -0.711. The number of carbonyl (C=O) groups excluding carboxylic acids is 2. The SMILES string of the molecule is O=C(/C=C/c1ccccc1)OC1C(CCCc2ccccc2)C(=O)N1c1ccc(F)cc1. The van der Waals surface area contributed by atoms with Crippen molar-refractivity contribution in [3.8, 4) is 0 Å². The van der Waals surface area contributed by atoms with Gasteiger partial charge >= 0.3 is 5.97 Å². The van der Waals surface area contributed by atoms with E-state index in [2.05, 4.69) is 12.1 Å². The third-order valence-electron chi connectivity index (χ3n) is 5.53. The Morgan fingerprint density at radius 3 is 2.28 bits per heavy atom. The van der Waals surface area contributed by atoms with Crippen molar-refractivity contribution < 1.29 is 18.7 Å². The number of ether oxygens (including phenoxy) is 1. The molecule has 0 aliphatic carbocycles. The number of hydrogen-bond acceptors (Lipinski definition) is 3. The van der Waals surface area contributed by atoms with Crippen molar-refractivity contribution in [3.05, 3.63) is 108 Å². The molecule has 0 bridgehead atoms. The molecular weight excluding hydrogens is 405 g/mol. The topological polar surface area (TPSA) is 46.6 Å². The van der Waals surface area contributed by atoms with Gasteiger partial charge in [0.25, 0.3) is 0 Å². The number of halogens is 1. The van der Waals surface area contributed by atoms with Crippen LogP contribution in [0.4, 0.5) is 10.1 Å². The molecule has 0 spiro atoms. The van der Waals surface area contributed by atoms with Gasteiger partial charge in [-0.05, 0) is 60.7 Å². The second kappa shape index (κ2) is 10.1. The van der Waals surface area contributed by atoms with Gasteiger partial charge in [0.15, 0.2) is 6.23 Å². The van der Waals surface area contributed by atoms with Crippen LogP contribution < -0.4 is 4.90 Å². The summed E-state index contributed by atoms with van der Waals surface area (Å²) in [4.78, 5) is 26.8. The van der Waals surface area contributed by atoms with E-state index < -0.39 is 18.1 Å². The number of amides is 1. The molecule has 1 aliphatic rings. The van der Waals surface area contributed by atoms with Crippen LogP contribution in [-0.4, -0.2) is 18.1 Å².